The molecule has 1 aliphatic heterocycles. The Bertz CT molecular complexity index is 818. The average molecular weight is 386 g/mol. The van der Waals surface area contributed by atoms with E-state index < -0.39 is 0 Å². The van der Waals surface area contributed by atoms with Crippen LogP contribution in [0.4, 0.5) is 0 Å². The molecule has 0 spiro atoms. The molecule has 1 saturated heterocycles. The number of nitrogens with zero attached hydrogens (tertiary/aromatic N) is 5. The predicted octanol–water partition coefficient (Wildman–Crippen LogP) is 3.55. The molecular weight excluding hydrogens is 358 g/mol. The summed E-state index contributed by atoms with van der Waals surface area (Å²) in [4.78, 5) is 15.1. The Kier molecular flexibility index (Phi) is 5.48. The van der Waals surface area contributed by atoms with Crippen molar-refractivity contribution < 1.29 is 4.79 Å². The maximum absolute atomic E-state index is 12.9. The minimum Gasteiger partial charge on any atom is -0.339 e. The number of aryl methyl sites for hydroxylation is 1. The zero-order valence-corrected chi connectivity index (χ0v) is 16.9. The van der Waals surface area contributed by atoms with Crippen molar-refractivity contribution in [3.05, 3.63) is 29.3 Å². The third-order valence-electron chi connectivity index (χ3n) is 6.13. The summed E-state index contributed by atoms with van der Waals surface area (Å²) in [6.07, 6.45) is 7.45. The molecule has 0 radical (unpaired) electrons. The SMILES string of the molecule is Cc1cccc(-n2nnnc2SCC(=O)N2CCCC3CCCCC32)c1C. The second kappa shape index (κ2) is 8.00. The number of amides is 1. The lowest BCUT2D eigenvalue weighted by Gasteiger charge is -2.44. The van der Waals surface area contributed by atoms with Crippen LogP contribution in [0, 0.1) is 19.8 Å². The fraction of sp³-hybridized carbons (Fsp3) is 0.600. The molecule has 27 heavy (non-hydrogen) atoms. The first-order chi connectivity index (χ1) is 13.1. The summed E-state index contributed by atoms with van der Waals surface area (Å²) in [5, 5.41) is 12.8. The topological polar surface area (TPSA) is 63.9 Å². The van der Waals surface area contributed by atoms with E-state index >= 15 is 0 Å². The smallest absolute Gasteiger partial charge is 0.233 e. The molecule has 2 fully saturated rings. The van der Waals surface area contributed by atoms with Gasteiger partial charge in [0.05, 0.1) is 11.4 Å². The normalized spacial score (nSPS) is 22.5. The van der Waals surface area contributed by atoms with Crippen LogP contribution in [-0.4, -0.2) is 49.4 Å². The third kappa shape index (κ3) is 3.74. The highest BCUT2D eigenvalue weighted by Gasteiger charge is 2.35. The van der Waals surface area contributed by atoms with Crippen LogP contribution in [0.5, 0.6) is 0 Å². The summed E-state index contributed by atoms with van der Waals surface area (Å²) in [7, 11) is 0. The van der Waals surface area contributed by atoms with Crippen LogP contribution in [0.3, 0.4) is 0 Å². The standard InChI is InChI=1S/C20H27N5OS/c1-14-7-5-11-17(15(14)2)25-20(21-22-23-25)27-13-19(26)24-12-6-9-16-8-3-4-10-18(16)24/h5,7,11,16,18H,3-4,6,8-10,12-13H2,1-2H3. The molecule has 2 aliphatic rings. The summed E-state index contributed by atoms with van der Waals surface area (Å²) in [5.41, 5.74) is 3.33. The minimum absolute atomic E-state index is 0.229. The third-order valence-corrected chi connectivity index (χ3v) is 7.04. The van der Waals surface area contributed by atoms with Gasteiger partial charge in [-0.2, -0.15) is 4.68 Å². The Morgan fingerprint density at radius 2 is 2.00 bits per heavy atom. The first-order valence-electron chi connectivity index (χ1n) is 9.92. The maximum Gasteiger partial charge on any atom is 0.233 e. The van der Waals surface area contributed by atoms with Crippen LogP contribution in [0.25, 0.3) is 5.69 Å². The minimum atomic E-state index is 0.229. The largest absolute Gasteiger partial charge is 0.339 e. The van der Waals surface area contributed by atoms with Crippen LogP contribution in [0.2, 0.25) is 0 Å². The van der Waals surface area contributed by atoms with Gasteiger partial charge in [0.2, 0.25) is 11.1 Å². The number of fused-ring (bicyclic) bond motifs is 1. The summed E-state index contributed by atoms with van der Waals surface area (Å²) in [6.45, 7) is 5.06. The number of rotatable bonds is 4. The zero-order chi connectivity index (χ0) is 18.8. The fourth-order valence-electron chi connectivity index (χ4n) is 4.53. The monoisotopic (exact) mass is 385 g/mol. The van der Waals surface area contributed by atoms with Crippen LogP contribution in [0.15, 0.2) is 23.4 Å². The van der Waals surface area contributed by atoms with Gasteiger partial charge in [0, 0.05) is 12.6 Å². The highest BCUT2D eigenvalue weighted by Crippen LogP contribution is 2.35. The number of tetrazole rings is 1. The van der Waals surface area contributed by atoms with Crippen molar-refractivity contribution >= 4 is 17.7 Å². The van der Waals surface area contributed by atoms with Crippen LogP contribution < -0.4 is 0 Å². The highest BCUT2D eigenvalue weighted by atomic mass is 32.2. The van der Waals surface area contributed by atoms with Crippen molar-refractivity contribution in [3.8, 4) is 5.69 Å². The number of likely N-dealkylation sites (tertiary alicyclic amines) is 1. The van der Waals surface area contributed by atoms with Crippen molar-refractivity contribution in [2.24, 2.45) is 5.92 Å². The van der Waals surface area contributed by atoms with Crippen molar-refractivity contribution in [2.75, 3.05) is 12.3 Å². The summed E-state index contributed by atoms with van der Waals surface area (Å²) >= 11 is 1.44. The second-order valence-electron chi connectivity index (χ2n) is 7.72. The summed E-state index contributed by atoms with van der Waals surface area (Å²) in [5.74, 6) is 1.34. The Balaban J connectivity index is 1.46. The predicted molar refractivity (Wildman–Crippen MR) is 106 cm³/mol. The molecule has 7 heteroatoms. The molecule has 1 aromatic heterocycles. The van der Waals surface area contributed by atoms with Gasteiger partial charge < -0.3 is 4.90 Å². The zero-order valence-electron chi connectivity index (χ0n) is 16.1. The first kappa shape index (κ1) is 18.5. The van der Waals surface area contributed by atoms with Gasteiger partial charge in [0.15, 0.2) is 0 Å². The molecular formula is C20H27N5OS. The molecule has 1 saturated carbocycles. The fourth-order valence-corrected chi connectivity index (χ4v) is 5.30. The summed E-state index contributed by atoms with van der Waals surface area (Å²) in [6, 6.07) is 6.56. The van der Waals surface area contributed by atoms with Gasteiger partial charge in [0.25, 0.3) is 0 Å². The Hall–Kier alpha value is -1.89. The number of aromatic nitrogens is 4. The van der Waals surface area contributed by atoms with Gasteiger partial charge in [-0.05, 0) is 73.1 Å². The molecule has 6 nitrogen and oxygen atoms in total. The van der Waals surface area contributed by atoms with Gasteiger partial charge in [-0.1, -0.05) is 36.7 Å². The average Bonchev–Trinajstić information content (AvgIpc) is 3.16. The molecule has 4 rings (SSSR count). The van der Waals surface area contributed by atoms with E-state index in [9.17, 15) is 4.79 Å². The maximum atomic E-state index is 12.9. The van der Waals surface area contributed by atoms with Crippen molar-refractivity contribution in [3.63, 3.8) is 0 Å². The van der Waals surface area contributed by atoms with Gasteiger partial charge >= 0.3 is 0 Å². The molecule has 2 atom stereocenters. The number of benzene rings is 1. The van der Waals surface area contributed by atoms with E-state index in [1.54, 1.807) is 4.68 Å². The number of hydrogen-bond donors (Lipinski definition) is 0. The van der Waals surface area contributed by atoms with E-state index in [0.717, 1.165) is 24.2 Å². The number of thioether (sulfide) groups is 1. The van der Waals surface area contributed by atoms with E-state index in [1.807, 2.05) is 12.1 Å². The number of carbonyl (C=O) groups is 1. The lowest BCUT2D eigenvalue weighted by Crippen LogP contribution is -2.50. The molecule has 1 amide bonds. The Morgan fingerprint density at radius 1 is 1.19 bits per heavy atom. The number of hydrogen-bond acceptors (Lipinski definition) is 5. The molecule has 144 valence electrons. The molecule has 0 N–H and O–H groups in total. The number of piperidine rings is 1. The van der Waals surface area contributed by atoms with E-state index in [1.165, 1.54) is 49.4 Å². The molecule has 2 heterocycles. The lowest BCUT2D eigenvalue weighted by atomic mass is 9.78. The first-order valence-corrected chi connectivity index (χ1v) is 10.9. The van der Waals surface area contributed by atoms with Crippen LogP contribution in [-0.2, 0) is 4.79 Å². The molecule has 2 unspecified atom stereocenters. The van der Waals surface area contributed by atoms with Gasteiger partial charge in [-0.25, -0.2) is 0 Å². The summed E-state index contributed by atoms with van der Waals surface area (Å²) < 4.78 is 1.75. The van der Waals surface area contributed by atoms with Gasteiger partial charge in [0.1, 0.15) is 0 Å². The second-order valence-corrected chi connectivity index (χ2v) is 8.66. The molecule has 1 aliphatic carbocycles. The van der Waals surface area contributed by atoms with Gasteiger partial charge in [-0.15, -0.1) is 5.10 Å². The molecule has 0 bridgehead atoms. The van der Waals surface area contributed by atoms with E-state index in [-0.39, 0.29) is 5.91 Å². The molecule has 2 aromatic rings. The molecule has 1 aromatic carbocycles. The van der Waals surface area contributed by atoms with Crippen LogP contribution in [0.1, 0.15) is 49.7 Å². The van der Waals surface area contributed by atoms with E-state index in [0.29, 0.717) is 22.9 Å². The quantitative estimate of drug-likeness (QED) is 0.753. The van der Waals surface area contributed by atoms with E-state index in [2.05, 4.69) is 40.3 Å². The van der Waals surface area contributed by atoms with E-state index in [4.69, 9.17) is 0 Å². The van der Waals surface area contributed by atoms with Gasteiger partial charge in [-0.3, -0.25) is 4.79 Å². The lowest BCUT2D eigenvalue weighted by molar-refractivity contribution is -0.134. The highest BCUT2D eigenvalue weighted by molar-refractivity contribution is 7.99. The number of carbonyl (C=O) groups excluding carboxylic acids is 1. The Labute approximate surface area is 164 Å². The Morgan fingerprint density at radius 3 is 2.89 bits per heavy atom. The van der Waals surface area contributed by atoms with Crippen molar-refractivity contribution in [1.82, 2.24) is 25.1 Å². The van der Waals surface area contributed by atoms with Crippen molar-refractivity contribution in [2.45, 2.75) is 63.6 Å². The van der Waals surface area contributed by atoms with Crippen molar-refractivity contribution in [1.29, 1.82) is 0 Å². The van der Waals surface area contributed by atoms with Crippen LogP contribution >= 0.6 is 11.8 Å².